The minimum Gasteiger partial charge on any atom is -0.497 e. The molecule has 202 valence electrons. The van der Waals surface area contributed by atoms with Crippen molar-refractivity contribution >= 4 is 18.0 Å². The molecule has 1 aromatic heterocycles. The fourth-order valence-corrected chi connectivity index (χ4v) is 4.06. The van der Waals surface area contributed by atoms with Gasteiger partial charge in [-0.25, -0.2) is 9.59 Å². The van der Waals surface area contributed by atoms with E-state index < -0.39 is 47.1 Å². The number of ether oxygens (including phenoxy) is 3. The van der Waals surface area contributed by atoms with E-state index in [9.17, 15) is 14.4 Å². The molecule has 0 aliphatic carbocycles. The molecule has 1 aliphatic rings. The standard InChI is InChI=1S/C25H36N6O6/c1-24(2,3)19(26-23(34)37-25(4,5)6)21(32)30-14-16(13-18(30)22(33)36-8)31-28-20(27-29-31)15-9-11-17(35-7)12-10-15/h9-12,16,18-19H,13-14H2,1-8H3,(H,26,34)/t16-,18+,19-/m1/s1. The third-order valence-electron chi connectivity index (χ3n) is 5.91. The summed E-state index contributed by atoms with van der Waals surface area (Å²) in [5.41, 5.74) is -0.653. The van der Waals surface area contributed by atoms with Crippen LogP contribution in [-0.2, 0) is 19.1 Å². The van der Waals surface area contributed by atoms with Crippen molar-refractivity contribution in [3.05, 3.63) is 24.3 Å². The molecule has 12 heteroatoms. The number of alkyl carbamates (subject to hydrolysis) is 1. The number of likely N-dealkylation sites (tertiary alicyclic amines) is 1. The van der Waals surface area contributed by atoms with Gasteiger partial charge in [-0.15, -0.1) is 10.2 Å². The average Bonchev–Trinajstić information content (AvgIpc) is 3.47. The molecule has 1 N–H and O–H groups in total. The largest absolute Gasteiger partial charge is 0.497 e. The van der Waals surface area contributed by atoms with E-state index in [1.54, 1.807) is 40.0 Å². The molecule has 3 rings (SSSR count). The van der Waals surface area contributed by atoms with Crippen molar-refractivity contribution < 1.29 is 28.6 Å². The number of esters is 1. The van der Waals surface area contributed by atoms with Crippen molar-refractivity contribution in [2.75, 3.05) is 20.8 Å². The molecule has 1 saturated heterocycles. The Bertz CT molecular complexity index is 1120. The van der Waals surface area contributed by atoms with E-state index in [0.717, 1.165) is 5.56 Å². The maximum atomic E-state index is 13.8. The van der Waals surface area contributed by atoms with Crippen LogP contribution in [0.5, 0.6) is 5.75 Å². The smallest absolute Gasteiger partial charge is 0.408 e. The maximum absolute atomic E-state index is 13.8. The van der Waals surface area contributed by atoms with Crippen LogP contribution in [0.1, 0.15) is 54.0 Å². The quantitative estimate of drug-likeness (QED) is 0.574. The van der Waals surface area contributed by atoms with Crippen LogP contribution in [0.4, 0.5) is 4.79 Å². The Kier molecular flexibility index (Phi) is 8.09. The van der Waals surface area contributed by atoms with Crippen molar-refractivity contribution in [2.24, 2.45) is 5.41 Å². The summed E-state index contributed by atoms with van der Waals surface area (Å²) in [5.74, 6) is 0.125. The lowest BCUT2D eigenvalue weighted by atomic mass is 9.85. The Morgan fingerprint density at radius 1 is 1.05 bits per heavy atom. The molecule has 0 bridgehead atoms. The summed E-state index contributed by atoms with van der Waals surface area (Å²) < 4.78 is 15.5. The van der Waals surface area contributed by atoms with Gasteiger partial charge in [0.2, 0.25) is 11.7 Å². The van der Waals surface area contributed by atoms with Crippen LogP contribution in [0.3, 0.4) is 0 Å². The first-order valence-corrected chi connectivity index (χ1v) is 12.0. The van der Waals surface area contributed by atoms with Gasteiger partial charge in [0.05, 0.1) is 20.3 Å². The van der Waals surface area contributed by atoms with Crippen LogP contribution in [0, 0.1) is 5.41 Å². The highest BCUT2D eigenvalue weighted by atomic mass is 16.6. The van der Waals surface area contributed by atoms with Gasteiger partial charge in [0.25, 0.3) is 0 Å². The minimum absolute atomic E-state index is 0.138. The highest BCUT2D eigenvalue weighted by Gasteiger charge is 2.46. The Hall–Kier alpha value is -3.70. The number of aromatic nitrogens is 4. The first kappa shape index (κ1) is 27.9. The summed E-state index contributed by atoms with van der Waals surface area (Å²) >= 11 is 0. The van der Waals surface area contributed by atoms with Crippen molar-refractivity contribution in [3.63, 3.8) is 0 Å². The van der Waals surface area contributed by atoms with E-state index >= 15 is 0 Å². The van der Waals surface area contributed by atoms with Crippen LogP contribution < -0.4 is 10.1 Å². The molecular formula is C25H36N6O6. The molecule has 37 heavy (non-hydrogen) atoms. The molecular weight excluding hydrogens is 480 g/mol. The average molecular weight is 517 g/mol. The normalized spacial score (nSPS) is 18.8. The van der Waals surface area contributed by atoms with Crippen molar-refractivity contribution in [1.29, 1.82) is 0 Å². The summed E-state index contributed by atoms with van der Waals surface area (Å²) in [7, 11) is 2.86. The van der Waals surface area contributed by atoms with Crippen molar-refractivity contribution in [2.45, 2.75) is 71.7 Å². The molecule has 2 amide bonds. The molecule has 2 heterocycles. The summed E-state index contributed by atoms with van der Waals surface area (Å²) in [6.45, 7) is 10.8. The molecule has 1 aliphatic heterocycles. The van der Waals surface area contributed by atoms with Gasteiger partial charge in [-0.05, 0) is 55.7 Å². The number of tetrazole rings is 1. The van der Waals surface area contributed by atoms with E-state index in [2.05, 4.69) is 20.7 Å². The molecule has 0 radical (unpaired) electrons. The molecule has 1 fully saturated rings. The molecule has 12 nitrogen and oxygen atoms in total. The zero-order valence-electron chi connectivity index (χ0n) is 22.6. The number of nitrogens with zero attached hydrogens (tertiary/aromatic N) is 5. The molecule has 2 aromatic rings. The highest BCUT2D eigenvalue weighted by molar-refractivity contribution is 5.91. The molecule has 0 saturated carbocycles. The van der Waals surface area contributed by atoms with Gasteiger partial charge in [0.1, 0.15) is 23.4 Å². The number of hydrogen-bond acceptors (Lipinski definition) is 9. The van der Waals surface area contributed by atoms with Crippen LogP contribution in [0.15, 0.2) is 24.3 Å². The molecule has 0 unspecified atom stereocenters. The van der Waals surface area contributed by atoms with Gasteiger partial charge < -0.3 is 24.4 Å². The third kappa shape index (κ3) is 6.75. The Morgan fingerprint density at radius 3 is 2.24 bits per heavy atom. The second-order valence-electron chi connectivity index (χ2n) is 11.0. The number of amides is 2. The summed E-state index contributed by atoms with van der Waals surface area (Å²) in [4.78, 5) is 41.8. The molecule has 3 atom stereocenters. The monoisotopic (exact) mass is 516 g/mol. The van der Waals surface area contributed by atoms with Crippen molar-refractivity contribution in [1.82, 2.24) is 30.4 Å². The lowest BCUT2D eigenvalue weighted by Gasteiger charge is -2.35. The van der Waals surface area contributed by atoms with Crippen LogP contribution in [0.2, 0.25) is 0 Å². The molecule has 1 aromatic carbocycles. The number of benzene rings is 1. The summed E-state index contributed by atoms with van der Waals surface area (Å²) in [6, 6.07) is 4.98. The summed E-state index contributed by atoms with van der Waals surface area (Å²) in [5, 5.41) is 15.5. The number of rotatable bonds is 6. The fourth-order valence-electron chi connectivity index (χ4n) is 4.06. The highest BCUT2D eigenvalue weighted by Crippen LogP contribution is 2.31. The van der Waals surface area contributed by atoms with Gasteiger partial charge in [0, 0.05) is 18.5 Å². The predicted octanol–water partition coefficient (Wildman–Crippen LogP) is 2.60. The number of methoxy groups -OCH3 is 2. The van der Waals surface area contributed by atoms with Crippen molar-refractivity contribution in [3.8, 4) is 17.1 Å². The van der Waals surface area contributed by atoms with Gasteiger partial charge in [-0.2, -0.15) is 4.80 Å². The van der Waals surface area contributed by atoms with Gasteiger partial charge in [0.15, 0.2) is 0 Å². The molecule has 0 spiro atoms. The first-order chi connectivity index (χ1) is 17.2. The fraction of sp³-hybridized carbons (Fsp3) is 0.600. The lowest BCUT2D eigenvalue weighted by molar-refractivity contribution is -0.152. The summed E-state index contributed by atoms with van der Waals surface area (Å²) in [6.07, 6.45) is -0.478. The SMILES string of the molecule is COC(=O)[C@@H]1C[C@@H](n2nnc(-c3ccc(OC)cc3)n2)CN1C(=O)[C@@H](NC(=O)OC(C)(C)C)C(C)(C)C. The van der Waals surface area contributed by atoms with Crippen LogP contribution in [-0.4, -0.2) is 81.5 Å². The maximum Gasteiger partial charge on any atom is 0.408 e. The van der Waals surface area contributed by atoms with Gasteiger partial charge >= 0.3 is 12.1 Å². The number of hydrogen-bond donors (Lipinski definition) is 1. The third-order valence-corrected chi connectivity index (χ3v) is 5.91. The second-order valence-corrected chi connectivity index (χ2v) is 11.0. The Balaban J connectivity index is 1.84. The zero-order chi connectivity index (χ0) is 27.5. The number of nitrogens with one attached hydrogen (secondary N) is 1. The van der Waals surface area contributed by atoms with Crippen LogP contribution >= 0.6 is 0 Å². The van der Waals surface area contributed by atoms with E-state index in [0.29, 0.717) is 11.6 Å². The predicted molar refractivity (Wildman–Crippen MR) is 134 cm³/mol. The zero-order valence-corrected chi connectivity index (χ0v) is 22.6. The Labute approximate surface area is 216 Å². The van der Waals surface area contributed by atoms with E-state index in [4.69, 9.17) is 14.2 Å². The van der Waals surface area contributed by atoms with E-state index in [-0.39, 0.29) is 13.0 Å². The van der Waals surface area contributed by atoms with Crippen LogP contribution in [0.25, 0.3) is 11.4 Å². The minimum atomic E-state index is -0.952. The van der Waals surface area contributed by atoms with E-state index in [1.165, 1.54) is 16.8 Å². The topological polar surface area (TPSA) is 138 Å². The van der Waals surface area contributed by atoms with Gasteiger partial charge in [-0.1, -0.05) is 20.8 Å². The number of carbonyl (C=O) groups excluding carboxylic acids is 3. The second kappa shape index (κ2) is 10.7. The Morgan fingerprint density at radius 2 is 1.70 bits per heavy atom. The van der Waals surface area contributed by atoms with Gasteiger partial charge in [-0.3, -0.25) is 4.79 Å². The number of carbonyl (C=O) groups is 3. The lowest BCUT2D eigenvalue weighted by Crippen LogP contribution is -2.57. The first-order valence-electron chi connectivity index (χ1n) is 12.0. The van der Waals surface area contributed by atoms with E-state index in [1.807, 2.05) is 32.9 Å².